The third kappa shape index (κ3) is 2.49. The molecule has 0 spiro atoms. The Balaban J connectivity index is 2.23. The first-order valence-electron chi connectivity index (χ1n) is 5.47. The number of thioether (sulfide) groups is 1. The van der Waals surface area contributed by atoms with Crippen LogP contribution >= 0.6 is 11.8 Å². The summed E-state index contributed by atoms with van der Waals surface area (Å²) in [6, 6.07) is 4.98. The summed E-state index contributed by atoms with van der Waals surface area (Å²) in [6.07, 6.45) is 0. The van der Waals surface area contributed by atoms with Gasteiger partial charge >= 0.3 is 0 Å². The summed E-state index contributed by atoms with van der Waals surface area (Å²) in [7, 11) is 1.47. The lowest BCUT2D eigenvalue weighted by atomic mass is 10.1. The molecule has 1 heterocycles. The summed E-state index contributed by atoms with van der Waals surface area (Å²) in [4.78, 5) is 14.0. The molecular formula is C12H15NO3S. The Morgan fingerprint density at radius 3 is 2.76 bits per heavy atom. The molecule has 1 amide bonds. The quantitative estimate of drug-likeness (QED) is 0.869. The van der Waals surface area contributed by atoms with Crippen LogP contribution in [0.5, 0.6) is 11.5 Å². The van der Waals surface area contributed by atoms with Gasteiger partial charge in [-0.25, -0.2) is 0 Å². The maximum absolute atomic E-state index is 12.2. The van der Waals surface area contributed by atoms with Crippen LogP contribution in [0.15, 0.2) is 18.2 Å². The van der Waals surface area contributed by atoms with Crippen molar-refractivity contribution < 1.29 is 14.6 Å². The molecule has 4 nitrogen and oxygen atoms in total. The molecule has 1 N–H and O–H groups in total. The van der Waals surface area contributed by atoms with Gasteiger partial charge in [0.25, 0.3) is 5.91 Å². The van der Waals surface area contributed by atoms with Crippen molar-refractivity contribution in [2.45, 2.75) is 0 Å². The maximum Gasteiger partial charge on any atom is 0.257 e. The van der Waals surface area contributed by atoms with Crippen molar-refractivity contribution in [2.24, 2.45) is 0 Å². The van der Waals surface area contributed by atoms with Gasteiger partial charge in [0.1, 0.15) is 0 Å². The molecule has 0 unspecified atom stereocenters. The second-order valence-corrected chi connectivity index (χ2v) is 4.99. The molecule has 1 aliphatic rings. The number of benzene rings is 1. The van der Waals surface area contributed by atoms with Gasteiger partial charge < -0.3 is 14.7 Å². The van der Waals surface area contributed by atoms with Gasteiger partial charge in [-0.3, -0.25) is 4.79 Å². The number of ether oxygens (including phenoxy) is 1. The van der Waals surface area contributed by atoms with Gasteiger partial charge in [-0.05, 0) is 12.1 Å². The molecular weight excluding hydrogens is 238 g/mol. The van der Waals surface area contributed by atoms with Crippen molar-refractivity contribution in [2.75, 3.05) is 31.7 Å². The van der Waals surface area contributed by atoms with Gasteiger partial charge in [-0.2, -0.15) is 11.8 Å². The highest BCUT2D eigenvalue weighted by Gasteiger charge is 2.22. The average Bonchev–Trinajstić information content (AvgIpc) is 2.39. The predicted molar refractivity (Wildman–Crippen MR) is 67.9 cm³/mol. The highest BCUT2D eigenvalue weighted by molar-refractivity contribution is 7.99. The van der Waals surface area contributed by atoms with Gasteiger partial charge in [0.05, 0.1) is 12.7 Å². The number of aromatic hydroxyl groups is 1. The number of carbonyl (C=O) groups excluding carboxylic acids is 1. The monoisotopic (exact) mass is 253 g/mol. The van der Waals surface area contributed by atoms with Crippen LogP contribution in [-0.2, 0) is 0 Å². The van der Waals surface area contributed by atoms with E-state index in [0.29, 0.717) is 11.3 Å². The molecule has 92 valence electrons. The normalized spacial score (nSPS) is 15.7. The van der Waals surface area contributed by atoms with E-state index in [1.807, 2.05) is 11.8 Å². The molecule has 1 fully saturated rings. The second kappa shape index (κ2) is 5.31. The highest BCUT2D eigenvalue weighted by atomic mass is 32.2. The van der Waals surface area contributed by atoms with E-state index in [0.717, 1.165) is 24.6 Å². The number of para-hydroxylation sites is 1. The van der Waals surface area contributed by atoms with E-state index in [1.54, 1.807) is 23.1 Å². The second-order valence-electron chi connectivity index (χ2n) is 3.76. The van der Waals surface area contributed by atoms with Gasteiger partial charge in [0.2, 0.25) is 0 Å². The van der Waals surface area contributed by atoms with Crippen molar-refractivity contribution in [3.8, 4) is 11.5 Å². The van der Waals surface area contributed by atoms with E-state index in [9.17, 15) is 9.90 Å². The fourth-order valence-electron chi connectivity index (χ4n) is 1.80. The third-order valence-electron chi connectivity index (χ3n) is 2.75. The lowest BCUT2D eigenvalue weighted by molar-refractivity contribution is 0.0768. The number of phenolic OH excluding ortho intramolecular Hbond substituents is 1. The van der Waals surface area contributed by atoms with Crippen molar-refractivity contribution in [1.29, 1.82) is 0 Å². The Morgan fingerprint density at radius 2 is 2.12 bits per heavy atom. The first-order chi connectivity index (χ1) is 8.24. The molecule has 1 aromatic carbocycles. The summed E-state index contributed by atoms with van der Waals surface area (Å²) in [6.45, 7) is 1.47. The molecule has 17 heavy (non-hydrogen) atoms. The molecule has 0 atom stereocenters. The third-order valence-corrected chi connectivity index (χ3v) is 3.69. The van der Waals surface area contributed by atoms with E-state index >= 15 is 0 Å². The Bertz CT molecular complexity index is 416. The molecule has 1 aromatic rings. The Labute approximate surface area is 105 Å². The van der Waals surface area contributed by atoms with Gasteiger partial charge in [0, 0.05) is 24.6 Å². The number of carbonyl (C=O) groups is 1. The summed E-state index contributed by atoms with van der Waals surface area (Å²) >= 11 is 1.84. The number of phenols is 1. The molecule has 0 aromatic heterocycles. The number of rotatable bonds is 2. The Kier molecular flexibility index (Phi) is 3.78. The van der Waals surface area contributed by atoms with Gasteiger partial charge in [0.15, 0.2) is 11.5 Å². The first-order valence-corrected chi connectivity index (χ1v) is 6.62. The maximum atomic E-state index is 12.2. The summed E-state index contributed by atoms with van der Waals surface area (Å²) in [5.41, 5.74) is 0.316. The fourth-order valence-corrected chi connectivity index (χ4v) is 2.70. The SMILES string of the molecule is COc1cccc(C(=O)N2CCSCC2)c1O. The van der Waals surface area contributed by atoms with Crippen LogP contribution in [-0.4, -0.2) is 47.6 Å². The molecule has 0 saturated carbocycles. The molecule has 0 radical (unpaired) electrons. The lowest BCUT2D eigenvalue weighted by Crippen LogP contribution is -2.37. The molecule has 2 rings (SSSR count). The van der Waals surface area contributed by atoms with Gasteiger partial charge in [-0.15, -0.1) is 0 Å². The number of hydrogen-bond donors (Lipinski definition) is 1. The van der Waals surface area contributed by atoms with Crippen molar-refractivity contribution in [3.63, 3.8) is 0 Å². The predicted octanol–water partition coefficient (Wildman–Crippen LogP) is 1.59. The van der Waals surface area contributed by atoms with Crippen molar-refractivity contribution in [3.05, 3.63) is 23.8 Å². The Hall–Kier alpha value is -1.36. The van der Waals surface area contributed by atoms with E-state index in [-0.39, 0.29) is 11.7 Å². The molecule has 1 aliphatic heterocycles. The largest absolute Gasteiger partial charge is 0.504 e. The van der Waals surface area contributed by atoms with Crippen LogP contribution in [0, 0.1) is 0 Å². The zero-order chi connectivity index (χ0) is 12.3. The van der Waals surface area contributed by atoms with Crippen LogP contribution in [0.25, 0.3) is 0 Å². The van der Waals surface area contributed by atoms with E-state index in [4.69, 9.17) is 4.74 Å². The first kappa shape index (κ1) is 12.1. The van der Waals surface area contributed by atoms with Crippen LogP contribution in [0.2, 0.25) is 0 Å². The van der Waals surface area contributed by atoms with E-state index in [2.05, 4.69) is 0 Å². The minimum Gasteiger partial charge on any atom is -0.504 e. The average molecular weight is 253 g/mol. The van der Waals surface area contributed by atoms with E-state index in [1.165, 1.54) is 7.11 Å². The molecule has 0 aliphatic carbocycles. The van der Waals surface area contributed by atoms with Crippen LogP contribution < -0.4 is 4.74 Å². The Morgan fingerprint density at radius 1 is 1.41 bits per heavy atom. The van der Waals surface area contributed by atoms with Crippen LogP contribution in [0.3, 0.4) is 0 Å². The van der Waals surface area contributed by atoms with Crippen molar-refractivity contribution in [1.82, 2.24) is 4.90 Å². The highest BCUT2D eigenvalue weighted by Crippen LogP contribution is 2.30. The minimum absolute atomic E-state index is 0.0711. The molecule has 1 saturated heterocycles. The smallest absolute Gasteiger partial charge is 0.257 e. The van der Waals surface area contributed by atoms with Crippen molar-refractivity contribution >= 4 is 17.7 Å². The number of nitrogens with zero attached hydrogens (tertiary/aromatic N) is 1. The zero-order valence-corrected chi connectivity index (χ0v) is 10.5. The van der Waals surface area contributed by atoms with Gasteiger partial charge in [-0.1, -0.05) is 6.07 Å². The summed E-state index contributed by atoms with van der Waals surface area (Å²) in [5, 5.41) is 9.91. The van der Waals surface area contributed by atoms with Crippen LogP contribution in [0.1, 0.15) is 10.4 Å². The zero-order valence-electron chi connectivity index (χ0n) is 9.68. The number of amides is 1. The lowest BCUT2D eigenvalue weighted by Gasteiger charge is -2.26. The molecule has 0 bridgehead atoms. The molecule has 5 heteroatoms. The van der Waals surface area contributed by atoms with Crippen LogP contribution in [0.4, 0.5) is 0 Å². The fraction of sp³-hybridized carbons (Fsp3) is 0.417. The minimum atomic E-state index is -0.123. The number of methoxy groups -OCH3 is 1. The standard InChI is InChI=1S/C12H15NO3S/c1-16-10-4-2-3-9(11(10)14)12(15)13-5-7-17-8-6-13/h2-4,14H,5-8H2,1H3. The number of hydrogen-bond acceptors (Lipinski definition) is 4. The summed E-state index contributed by atoms with van der Waals surface area (Å²) in [5.74, 6) is 2.05. The van der Waals surface area contributed by atoms with E-state index < -0.39 is 0 Å². The topological polar surface area (TPSA) is 49.8 Å². The summed E-state index contributed by atoms with van der Waals surface area (Å²) < 4.78 is 5.00.